The number of rotatable bonds is 4. The van der Waals surface area contributed by atoms with Crippen molar-refractivity contribution in [1.29, 1.82) is 0 Å². The number of anilines is 2. The van der Waals surface area contributed by atoms with Gasteiger partial charge in [0.15, 0.2) is 0 Å². The fourth-order valence-corrected chi connectivity index (χ4v) is 2.70. The number of hydrogen-bond acceptors (Lipinski definition) is 2. The SMILES string of the molecule is Cc1ccccc1NC(=O)C1CC1C(=O)Nc1cccc(Cl)c1. The second-order valence-electron chi connectivity index (χ2n) is 5.75. The minimum absolute atomic E-state index is 0.106. The fourth-order valence-electron chi connectivity index (χ4n) is 2.51. The molecule has 2 aromatic rings. The molecular formula is C18H17ClN2O2. The van der Waals surface area contributed by atoms with Crippen molar-refractivity contribution in [3.63, 3.8) is 0 Å². The molecule has 4 nitrogen and oxygen atoms in total. The first-order valence-electron chi connectivity index (χ1n) is 7.47. The first kappa shape index (κ1) is 15.6. The Hall–Kier alpha value is -2.33. The summed E-state index contributed by atoms with van der Waals surface area (Å²) >= 11 is 5.89. The summed E-state index contributed by atoms with van der Waals surface area (Å²) in [6.07, 6.45) is 0.574. The van der Waals surface area contributed by atoms with Crippen LogP contribution in [0.3, 0.4) is 0 Å². The molecule has 0 radical (unpaired) electrons. The monoisotopic (exact) mass is 328 g/mol. The molecule has 1 aliphatic carbocycles. The van der Waals surface area contributed by atoms with Crippen LogP contribution in [0.1, 0.15) is 12.0 Å². The normalized spacial score (nSPS) is 19.0. The number of benzene rings is 2. The summed E-state index contributed by atoms with van der Waals surface area (Å²) in [4.78, 5) is 24.4. The van der Waals surface area contributed by atoms with Crippen LogP contribution >= 0.6 is 11.6 Å². The number of carbonyl (C=O) groups excluding carboxylic acids is 2. The second kappa shape index (κ2) is 6.42. The Morgan fingerprint density at radius 2 is 1.70 bits per heavy atom. The van der Waals surface area contributed by atoms with Gasteiger partial charge in [0.05, 0.1) is 11.8 Å². The first-order chi connectivity index (χ1) is 11.0. The van der Waals surface area contributed by atoms with Crippen molar-refractivity contribution in [1.82, 2.24) is 0 Å². The molecule has 1 fully saturated rings. The second-order valence-corrected chi connectivity index (χ2v) is 6.19. The summed E-state index contributed by atoms with van der Waals surface area (Å²) in [6, 6.07) is 14.6. The number of amides is 2. The minimum Gasteiger partial charge on any atom is -0.326 e. The highest BCUT2D eigenvalue weighted by Gasteiger charge is 2.48. The lowest BCUT2D eigenvalue weighted by Crippen LogP contribution is -2.20. The van der Waals surface area contributed by atoms with Gasteiger partial charge in [0.25, 0.3) is 0 Å². The molecule has 118 valence electrons. The minimum atomic E-state index is -0.280. The molecule has 1 aliphatic rings. The third-order valence-corrected chi connectivity index (χ3v) is 4.19. The number of nitrogens with one attached hydrogen (secondary N) is 2. The molecule has 3 rings (SSSR count). The summed E-state index contributed by atoms with van der Waals surface area (Å²) in [7, 11) is 0. The topological polar surface area (TPSA) is 58.2 Å². The van der Waals surface area contributed by atoms with Gasteiger partial charge in [-0.15, -0.1) is 0 Å². The van der Waals surface area contributed by atoms with Crippen LogP contribution in [0.25, 0.3) is 0 Å². The molecule has 0 bridgehead atoms. The summed E-state index contributed by atoms with van der Waals surface area (Å²) in [5, 5.41) is 6.25. The maximum atomic E-state index is 12.2. The highest BCUT2D eigenvalue weighted by atomic mass is 35.5. The third-order valence-electron chi connectivity index (χ3n) is 3.96. The zero-order valence-electron chi connectivity index (χ0n) is 12.7. The van der Waals surface area contributed by atoms with Crippen LogP contribution in [0.5, 0.6) is 0 Å². The van der Waals surface area contributed by atoms with E-state index in [1.54, 1.807) is 24.3 Å². The average Bonchev–Trinajstić information content (AvgIpc) is 3.30. The molecule has 23 heavy (non-hydrogen) atoms. The van der Waals surface area contributed by atoms with Crippen LogP contribution in [0.15, 0.2) is 48.5 Å². The lowest BCUT2D eigenvalue weighted by molar-refractivity contribution is -0.122. The van der Waals surface area contributed by atoms with Gasteiger partial charge in [-0.25, -0.2) is 0 Å². The van der Waals surface area contributed by atoms with E-state index in [1.807, 2.05) is 31.2 Å². The quantitative estimate of drug-likeness (QED) is 0.895. The van der Waals surface area contributed by atoms with E-state index >= 15 is 0 Å². The average molecular weight is 329 g/mol. The van der Waals surface area contributed by atoms with Gasteiger partial charge in [0.1, 0.15) is 0 Å². The number of para-hydroxylation sites is 1. The van der Waals surface area contributed by atoms with Gasteiger partial charge in [-0.3, -0.25) is 9.59 Å². The summed E-state index contributed by atoms with van der Waals surface area (Å²) < 4.78 is 0. The van der Waals surface area contributed by atoms with Gasteiger partial charge < -0.3 is 10.6 Å². The number of carbonyl (C=O) groups is 2. The Morgan fingerprint density at radius 3 is 2.39 bits per heavy atom. The molecule has 2 amide bonds. The summed E-state index contributed by atoms with van der Waals surface area (Å²) in [5.41, 5.74) is 2.44. The third kappa shape index (κ3) is 3.71. The Bertz CT molecular complexity index is 760. The van der Waals surface area contributed by atoms with E-state index in [0.29, 0.717) is 17.1 Å². The van der Waals surface area contributed by atoms with Crippen LogP contribution in [0.4, 0.5) is 11.4 Å². The number of hydrogen-bond donors (Lipinski definition) is 2. The molecule has 2 N–H and O–H groups in total. The largest absolute Gasteiger partial charge is 0.326 e. The van der Waals surface area contributed by atoms with Crippen LogP contribution in [0, 0.1) is 18.8 Å². The molecular weight excluding hydrogens is 312 g/mol. The maximum absolute atomic E-state index is 12.2. The smallest absolute Gasteiger partial charge is 0.228 e. The first-order valence-corrected chi connectivity index (χ1v) is 7.85. The molecule has 0 spiro atoms. The lowest BCUT2D eigenvalue weighted by atomic mass is 10.2. The van der Waals surface area contributed by atoms with Gasteiger partial charge >= 0.3 is 0 Å². The Morgan fingerprint density at radius 1 is 1.00 bits per heavy atom. The van der Waals surface area contributed by atoms with Crippen molar-refractivity contribution in [3.05, 3.63) is 59.1 Å². The zero-order chi connectivity index (χ0) is 16.4. The maximum Gasteiger partial charge on any atom is 0.228 e. The van der Waals surface area contributed by atoms with Crippen LogP contribution in [-0.2, 0) is 9.59 Å². The van der Waals surface area contributed by atoms with E-state index in [4.69, 9.17) is 11.6 Å². The fraction of sp³-hybridized carbons (Fsp3) is 0.222. The molecule has 5 heteroatoms. The predicted octanol–water partition coefficient (Wildman–Crippen LogP) is 3.86. The highest BCUT2D eigenvalue weighted by Crippen LogP contribution is 2.40. The van der Waals surface area contributed by atoms with Crippen molar-refractivity contribution in [2.24, 2.45) is 11.8 Å². The Kier molecular flexibility index (Phi) is 4.35. The summed E-state index contributed by atoms with van der Waals surface area (Å²) in [6.45, 7) is 1.94. The molecule has 0 aliphatic heterocycles. The van der Waals surface area contributed by atoms with Gasteiger partial charge in [0, 0.05) is 16.4 Å². The zero-order valence-corrected chi connectivity index (χ0v) is 13.4. The van der Waals surface area contributed by atoms with E-state index in [2.05, 4.69) is 10.6 Å². The molecule has 0 heterocycles. The van der Waals surface area contributed by atoms with Crippen molar-refractivity contribution in [3.8, 4) is 0 Å². The van der Waals surface area contributed by atoms with Crippen molar-refractivity contribution < 1.29 is 9.59 Å². The molecule has 2 atom stereocenters. The Labute approximate surface area is 139 Å². The lowest BCUT2D eigenvalue weighted by Gasteiger charge is -2.08. The van der Waals surface area contributed by atoms with Gasteiger partial charge in [-0.05, 0) is 43.2 Å². The predicted molar refractivity (Wildman–Crippen MR) is 91.5 cm³/mol. The number of halogens is 1. The van der Waals surface area contributed by atoms with Gasteiger partial charge in [0.2, 0.25) is 11.8 Å². The van der Waals surface area contributed by atoms with Crippen LogP contribution in [0.2, 0.25) is 5.02 Å². The van der Waals surface area contributed by atoms with E-state index in [9.17, 15) is 9.59 Å². The van der Waals surface area contributed by atoms with Crippen molar-refractivity contribution in [2.45, 2.75) is 13.3 Å². The van der Waals surface area contributed by atoms with E-state index in [1.165, 1.54) is 0 Å². The highest BCUT2D eigenvalue weighted by molar-refractivity contribution is 6.30. The van der Waals surface area contributed by atoms with E-state index < -0.39 is 0 Å². The molecule has 2 unspecified atom stereocenters. The number of aryl methyl sites for hydroxylation is 1. The van der Waals surface area contributed by atoms with Gasteiger partial charge in [-0.2, -0.15) is 0 Å². The van der Waals surface area contributed by atoms with Crippen molar-refractivity contribution in [2.75, 3.05) is 10.6 Å². The van der Waals surface area contributed by atoms with Crippen LogP contribution < -0.4 is 10.6 Å². The van der Waals surface area contributed by atoms with Crippen LogP contribution in [-0.4, -0.2) is 11.8 Å². The summed E-state index contributed by atoms with van der Waals surface area (Å²) in [5.74, 6) is -0.797. The van der Waals surface area contributed by atoms with E-state index in [-0.39, 0.29) is 23.7 Å². The molecule has 2 aromatic carbocycles. The van der Waals surface area contributed by atoms with Gasteiger partial charge in [-0.1, -0.05) is 35.9 Å². The molecule has 0 saturated heterocycles. The van der Waals surface area contributed by atoms with Crippen molar-refractivity contribution >= 4 is 34.8 Å². The van der Waals surface area contributed by atoms with E-state index in [0.717, 1.165) is 11.3 Å². The molecule has 1 saturated carbocycles. The molecule has 0 aromatic heterocycles. The Balaban J connectivity index is 1.57. The standard InChI is InChI=1S/C18H17ClN2O2/c1-11-5-2-3-8-16(11)21-18(23)15-10-14(15)17(22)20-13-7-4-6-12(19)9-13/h2-9,14-15H,10H2,1H3,(H,20,22)(H,21,23).